The zero-order valence-electron chi connectivity index (χ0n) is 15.6. The molecule has 0 spiro atoms. The molecule has 0 amide bonds. The molecule has 0 radical (unpaired) electrons. The van der Waals surface area contributed by atoms with Crippen molar-refractivity contribution < 1.29 is 23.3 Å². The Balaban J connectivity index is 1.54. The third-order valence-corrected chi connectivity index (χ3v) is 4.21. The molecule has 3 aromatic carbocycles. The van der Waals surface area contributed by atoms with Gasteiger partial charge in [0.05, 0.1) is 12.0 Å². The molecular weight excluding hydrogens is 393 g/mol. The van der Waals surface area contributed by atoms with Crippen LogP contribution < -0.4 is 9.47 Å². The van der Waals surface area contributed by atoms with Gasteiger partial charge < -0.3 is 14.0 Å². The van der Waals surface area contributed by atoms with Gasteiger partial charge in [0.2, 0.25) is 5.82 Å². The maximum absolute atomic E-state index is 13.0. The van der Waals surface area contributed by atoms with E-state index in [0.717, 1.165) is 0 Å². The van der Waals surface area contributed by atoms with E-state index >= 15 is 0 Å². The molecule has 8 nitrogen and oxygen atoms in total. The van der Waals surface area contributed by atoms with Gasteiger partial charge in [0.15, 0.2) is 5.75 Å². The summed E-state index contributed by atoms with van der Waals surface area (Å²) in [6, 6.07) is 17.0. The molecule has 30 heavy (non-hydrogen) atoms. The lowest BCUT2D eigenvalue weighted by molar-refractivity contribution is -0.385. The predicted molar refractivity (Wildman–Crippen MR) is 105 cm³/mol. The van der Waals surface area contributed by atoms with Crippen LogP contribution in [0.5, 0.6) is 17.2 Å². The van der Waals surface area contributed by atoms with Crippen LogP contribution in [0.4, 0.5) is 10.1 Å². The van der Waals surface area contributed by atoms with Gasteiger partial charge >= 0.3 is 5.69 Å². The number of aromatic nitrogens is 2. The van der Waals surface area contributed by atoms with Gasteiger partial charge in [-0.05, 0) is 60.7 Å². The van der Waals surface area contributed by atoms with E-state index in [-0.39, 0.29) is 23.1 Å². The standard InChI is InChI=1S/C21H14FN3O5/c1-28-19-11-4-14(12-18(19)25(26)27)21-23-20(24-30-21)13-2-7-16(8-3-13)29-17-9-5-15(22)6-10-17/h2-12H,1H3. The molecule has 0 saturated carbocycles. The number of rotatable bonds is 6. The van der Waals surface area contributed by atoms with Gasteiger partial charge in [0.25, 0.3) is 5.89 Å². The molecular formula is C21H14FN3O5. The van der Waals surface area contributed by atoms with E-state index in [4.69, 9.17) is 14.0 Å². The van der Waals surface area contributed by atoms with Crippen LogP contribution in [-0.2, 0) is 0 Å². The number of hydrogen-bond donors (Lipinski definition) is 0. The van der Waals surface area contributed by atoms with Crippen LogP contribution in [-0.4, -0.2) is 22.2 Å². The molecule has 0 aliphatic heterocycles. The van der Waals surface area contributed by atoms with Crippen molar-refractivity contribution in [2.75, 3.05) is 7.11 Å². The van der Waals surface area contributed by atoms with E-state index < -0.39 is 4.92 Å². The number of halogens is 1. The fourth-order valence-electron chi connectivity index (χ4n) is 2.73. The molecule has 0 fully saturated rings. The summed E-state index contributed by atoms with van der Waals surface area (Å²) >= 11 is 0. The maximum atomic E-state index is 13.0. The molecule has 0 bridgehead atoms. The molecule has 0 saturated heterocycles. The van der Waals surface area contributed by atoms with Gasteiger partial charge in [0.1, 0.15) is 17.3 Å². The molecule has 0 atom stereocenters. The molecule has 0 N–H and O–H groups in total. The summed E-state index contributed by atoms with van der Waals surface area (Å²) in [4.78, 5) is 15.0. The molecule has 0 aliphatic rings. The van der Waals surface area contributed by atoms with Crippen molar-refractivity contribution >= 4 is 5.69 Å². The van der Waals surface area contributed by atoms with Crippen molar-refractivity contribution in [2.45, 2.75) is 0 Å². The largest absolute Gasteiger partial charge is 0.490 e. The second-order valence-corrected chi connectivity index (χ2v) is 6.15. The monoisotopic (exact) mass is 407 g/mol. The third kappa shape index (κ3) is 3.95. The minimum Gasteiger partial charge on any atom is -0.490 e. The topological polar surface area (TPSA) is 101 Å². The van der Waals surface area contributed by atoms with E-state index in [0.29, 0.717) is 28.5 Å². The van der Waals surface area contributed by atoms with E-state index in [1.165, 1.54) is 43.5 Å². The van der Waals surface area contributed by atoms with Crippen LogP contribution in [0.15, 0.2) is 71.3 Å². The Bertz CT molecular complexity index is 1190. The van der Waals surface area contributed by atoms with Gasteiger partial charge in [-0.15, -0.1) is 0 Å². The van der Waals surface area contributed by atoms with Crippen LogP contribution in [0.1, 0.15) is 0 Å². The minimum atomic E-state index is -0.542. The zero-order chi connectivity index (χ0) is 21.1. The SMILES string of the molecule is COc1ccc(-c2nc(-c3ccc(Oc4ccc(F)cc4)cc3)no2)cc1[N+](=O)[O-]. The first-order chi connectivity index (χ1) is 14.5. The maximum Gasteiger partial charge on any atom is 0.311 e. The molecule has 1 heterocycles. The highest BCUT2D eigenvalue weighted by Gasteiger charge is 2.19. The van der Waals surface area contributed by atoms with Gasteiger partial charge in [-0.3, -0.25) is 10.1 Å². The van der Waals surface area contributed by atoms with Gasteiger partial charge in [0, 0.05) is 17.2 Å². The summed E-state index contributed by atoms with van der Waals surface area (Å²) < 4.78 is 28.9. The van der Waals surface area contributed by atoms with Crippen molar-refractivity contribution in [2.24, 2.45) is 0 Å². The van der Waals surface area contributed by atoms with Gasteiger partial charge in [-0.1, -0.05) is 5.16 Å². The van der Waals surface area contributed by atoms with Crippen LogP contribution in [0.2, 0.25) is 0 Å². The van der Waals surface area contributed by atoms with E-state index in [9.17, 15) is 14.5 Å². The van der Waals surface area contributed by atoms with Crippen LogP contribution >= 0.6 is 0 Å². The molecule has 0 unspecified atom stereocenters. The number of nitro groups is 1. The normalized spacial score (nSPS) is 10.6. The molecule has 4 aromatic rings. The van der Waals surface area contributed by atoms with Gasteiger partial charge in [-0.2, -0.15) is 4.98 Å². The van der Waals surface area contributed by atoms with Crippen molar-refractivity contribution in [3.63, 3.8) is 0 Å². The highest BCUT2D eigenvalue weighted by atomic mass is 19.1. The van der Waals surface area contributed by atoms with Crippen molar-refractivity contribution in [1.82, 2.24) is 10.1 Å². The molecule has 4 rings (SSSR count). The Morgan fingerprint density at radius 1 is 0.967 bits per heavy atom. The number of methoxy groups -OCH3 is 1. The molecule has 0 aliphatic carbocycles. The smallest absolute Gasteiger partial charge is 0.311 e. The Labute approximate surface area is 169 Å². The summed E-state index contributed by atoms with van der Waals surface area (Å²) in [5.41, 5.74) is 0.869. The second-order valence-electron chi connectivity index (χ2n) is 6.15. The summed E-state index contributed by atoms with van der Waals surface area (Å²) in [5, 5.41) is 15.1. The van der Waals surface area contributed by atoms with Crippen molar-refractivity contribution in [3.05, 3.63) is 82.7 Å². The molecule has 9 heteroatoms. The Morgan fingerprint density at radius 2 is 1.60 bits per heavy atom. The summed E-state index contributed by atoms with van der Waals surface area (Å²) in [5.74, 6) is 1.32. The highest BCUT2D eigenvalue weighted by Crippen LogP contribution is 2.32. The minimum absolute atomic E-state index is 0.139. The Morgan fingerprint density at radius 3 is 2.23 bits per heavy atom. The Kier molecular flexibility index (Phi) is 5.08. The quantitative estimate of drug-likeness (QED) is 0.318. The van der Waals surface area contributed by atoms with Gasteiger partial charge in [-0.25, -0.2) is 4.39 Å². The fourth-order valence-corrected chi connectivity index (χ4v) is 2.73. The molecule has 1 aromatic heterocycles. The highest BCUT2D eigenvalue weighted by molar-refractivity contribution is 5.65. The Hall–Kier alpha value is -4.27. The first-order valence-corrected chi connectivity index (χ1v) is 8.74. The average molecular weight is 407 g/mol. The van der Waals surface area contributed by atoms with Crippen LogP contribution in [0.3, 0.4) is 0 Å². The third-order valence-electron chi connectivity index (χ3n) is 4.21. The summed E-state index contributed by atoms with van der Waals surface area (Å²) in [6.45, 7) is 0. The number of nitrogens with zero attached hydrogens (tertiary/aromatic N) is 3. The average Bonchev–Trinajstić information content (AvgIpc) is 3.25. The van der Waals surface area contributed by atoms with E-state index in [2.05, 4.69) is 10.1 Å². The molecule has 150 valence electrons. The summed E-state index contributed by atoms with van der Waals surface area (Å²) in [7, 11) is 1.36. The van der Waals surface area contributed by atoms with E-state index in [1.807, 2.05) is 0 Å². The van der Waals surface area contributed by atoms with Crippen molar-refractivity contribution in [1.29, 1.82) is 0 Å². The lowest BCUT2D eigenvalue weighted by Gasteiger charge is -2.05. The number of nitro benzene ring substituents is 1. The van der Waals surface area contributed by atoms with Crippen LogP contribution in [0, 0.1) is 15.9 Å². The number of ether oxygens (including phenoxy) is 2. The second kappa shape index (κ2) is 8.00. The predicted octanol–water partition coefficient (Wildman–Crippen LogP) is 5.25. The van der Waals surface area contributed by atoms with Crippen molar-refractivity contribution in [3.8, 4) is 40.1 Å². The zero-order valence-corrected chi connectivity index (χ0v) is 15.6. The van der Waals surface area contributed by atoms with Crippen LogP contribution in [0.25, 0.3) is 22.8 Å². The first kappa shape index (κ1) is 19.1. The number of benzene rings is 3. The fraction of sp³-hybridized carbons (Fsp3) is 0.0476. The first-order valence-electron chi connectivity index (χ1n) is 8.74. The number of hydrogen-bond acceptors (Lipinski definition) is 7. The lowest BCUT2D eigenvalue weighted by Crippen LogP contribution is -1.94. The lowest BCUT2D eigenvalue weighted by atomic mass is 10.2. The summed E-state index contributed by atoms with van der Waals surface area (Å²) in [6.07, 6.45) is 0. The van der Waals surface area contributed by atoms with E-state index in [1.54, 1.807) is 30.3 Å².